The molecule has 1 amide bonds. The number of pyridine rings is 1. The Hall–Kier alpha value is -2.60. The number of amides is 1. The van der Waals surface area contributed by atoms with Crippen LogP contribution in [0.5, 0.6) is 5.75 Å². The summed E-state index contributed by atoms with van der Waals surface area (Å²) >= 11 is 0. The average molecular weight is 338 g/mol. The van der Waals surface area contributed by atoms with Gasteiger partial charge in [0.05, 0.1) is 5.69 Å². The van der Waals surface area contributed by atoms with E-state index in [-0.39, 0.29) is 12.5 Å². The molecule has 0 bridgehead atoms. The van der Waals surface area contributed by atoms with E-state index < -0.39 is 0 Å². The molecule has 6 nitrogen and oxygen atoms in total. The van der Waals surface area contributed by atoms with Gasteiger partial charge in [-0.15, -0.1) is 0 Å². The second-order valence-electron chi connectivity index (χ2n) is 6.60. The minimum absolute atomic E-state index is 0.0865. The molecule has 0 spiro atoms. The number of fused-ring (bicyclic) bond motifs is 1. The predicted octanol–water partition coefficient (Wildman–Crippen LogP) is 2.49. The van der Waals surface area contributed by atoms with E-state index in [2.05, 4.69) is 26.6 Å². The van der Waals surface area contributed by atoms with Crippen molar-refractivity contribution in [2.45, 2.75) is 25.4 Å². The summed E-state index contributed by atoms with van der Waals surface area (Å²) in [5.74, 6) is 0.632. The highest BCUT2D eigenvalue weighted by Crippen LogP contribution is 2.31. The summed E-state index contributed by atoms with van der Waals surface area (Å²) in [5, 5.41) is 6.41. The molecule has 2 aliphatic rings. The molecule has 3 heterocycles. The summed E-state index contributed by atoms with van der Waals surface area (Å²) < 4.78 is 5.48. The van der Waals surface area contributed by atoms with Crippen molar-refractivity contribution in [2.75, 3.05) is 30.3 Å². The van der Waals surface area contributed by atoms with E-state index in [0.29, 0.717) is 6.04 Å². The highest BCUT2D eigenvalue weighted by Gasteiger charge is 2.20. The normalized spacial score (nSPS) is 18.2. The molecule has 6 heteroatoms. The fraction of sp³-hybridized carbons (Fsp3) is 0.368. The highest BCUT2D eigenvalue weighted by molar-refractivity contribution is 5.95. The van der Waals surface area contributed by atoms with Gasteiger partial charge in [0.25, 0.3) is 5.91 Å². The summed E-state index contributed by atoms with van der Waals surface area (Å²) in [4.78, 5) is 18.0. The fourth-order valence-corrected chi connectivity index (χ4v) is 3.39. The number of piperidine rings is 1. The Balaban J connectivity index is 1.31. The van der Waals surface area contributed by atoms with Gasteiger partial charge in [0.15, 0.2) is 6.61 Å². The number of hydrogen-bond acceptors (Lipinski definition) is 5. The minimum Gasteiger partial charge on any atom is -0.482 e. The Bertz CT molecular complexity index is 742. The quantitative estimate of drug-likeness (QED) is 0.897. The highest BCUT2D eigenvalue weighted by atomic mass is 16.5. The smallest absolute Gasteiger partial charge is 0.262 e. The van der Waals surface area contributed by atoms with E-state index in [9.17, 15) is 4.79 Å². The number of nitrogens with zero attached hydrogens (tertiary/aromatic N) is 2. The van der Waals surface area contributed by atoms with Gasteiger partial charge >= 0.3 is 0 Å². The number of benzene rings is 1. The van der Waals surface area contributed by atoms with Crippen LogP contribution in [-0.4, -0.2) is 41.5 Å². The first-order valence-corrected chi connectivity index (χ1v) is 8.71. The van der Waals surface area contributed by atoms with Gasteiger partial charge in [-0.2, -0.15) is 0 Å². The third-order valence-electron chi connectivity index (χ3n) is 4.70. The maximum atomic E-state index is 11.3. The van der Waals surface area contributed by atoms with E-state index in [1.54, 1.807) is 0 Å². The minimum atomic E-state index is -0.103. The zero-order valence-corrected chi connectivity index (χ0v) is 14.1. The third-order valence-corrected chi connectivity index (χ3v) is 4.70. The topological polar surface area (TPSA) is 66.5 Å². The summed E-state index contributed by atoms with van der Waals surface area (Å²) in [7, 11) is 0. The number of hydrogen-bond donors (Lipinski definition) is 2. The molecule has 1 saturated heterocycles. The Labute approximate surface area is 147 Å². The van der Waals surface area contributed by atoms with Crippen molar-refractivity contribution >= 4 is 17.3 Å². The predicted molar refractivity (Wildman–Crippen MR) is 96.7 cm³/mol. The second-order valence-corrected chi connectivity index (χ2v) is 6.60. The monoisotopic (exact) mass is 338 g/mol. The molecule has 1 fully saturated rings. The fourth-order valence-electron chi connectivity index (χ4n) is 3.39. The molecule has 1 aromatic heterocycles. The van der Waals surface area contributed by atoms with E-state index in [4.69, 9.17) is 4.74 Å². The lowest BCUT2D eigenvalue weighted by Gasteiger charge is -2.33. The third kappa shape index (κ3) is 3.91. The van der Waals surface area contributed by atoms with Gasteiger partial charge in [0, 0.05) is 49.8 Å². The lowest BCUT2D eigenvalue weighted by molar-refractivity contribution is -0.118. The molecule has 0 atom stereocenters. The molecule has 4 rings (SSSR count). The Kier molecular flexibility index (Phi) is 4.52. The summed E-state index contributed by atoms with van der Waals surface area (Å²) in [6, 6.07) is 10.4. The number of ether oxygens (including phenoxy) is 1. The van der Waals surface area contributed by atoms with Crippen molar-refractivity contribution in [3.63, 3.8) is 0 Å². The SMILES string of the molecule is O=C1COc2cc(NC3CCN(Cc4cccnc4)CC3)ccc2N1. The van der Waals surface area contributed by atoms with Crippen LogP contribution < -0.4 is 15.4 Å². The second kappa shape index (κ2) is 7.11. The summed E-state index contributed by atoms with van der Waals surface area (Å²) in [5.41, 5.74) is 3.05. The van der Waals surface area contributed by atoms with Gasteiger partial charge < -0.3 is 15.4 Å². The first kappa shape index (κ1) is 15.9. The van der Waals surface area contributed by atoms with Crippen molar-refractivity contribution in [1.29, 1.82) is 0 Å². The van der Waals surface area contributed by atoms with Gasteiger partial charge in [-0.05, 0) is 36.6 Å². The van der Waals surface area contributed by atoms with E-state index >= 15 is 0 Å². The summed E-state index contributed by atoms with van der Waals surface area (Å²) in [6.45, 7) is 3.20. The van der Waals surface area contributed by atoms with E-state index in [0.717, 1.165) is 49.6 Å². The number of aromatic nitrogens is 1. The van der Waals surface area contributed by atoms with Gasteiger partial charge in [0.2, 0.25) is 0 Å². The molecule has 0 radical (unpaired) electrons. The van der Waals surface area contributed by atoms with Crippen LogP contribution in [0.15, 0.2) is 42.7 Å². The molecule has 0 unspecified atom stereocenters. The standard InChI is InChI=1S/C19H22N4O2/c24-19-13-25-18-10-16(3-4-17(18)22-19)21-15-5-8-23(9-6-15)12-14-2-1-7-20-11-14/h1-4,7,10-11,15,21H,5-6,8-9,12-13H2,(H,22,24). The number of nitrogens with one attached hydrogen (secondary N) is 2. The number of anilines is 2. The van der Waals surface area contributed by atoms with Gasteiger partial charge in [-0.25, -0.2) is 0 Å². The molecule has 2 aliphatic heterocycles. The van der Waals surface area contributed by atoms with E-state index in [1.807, 2.05) is 36.7 Å². The Morgan fingerprint density at radius 1 is 1.28 bits per heavy atom. The van der Waals surface area contributed by atoms with Crippen molar-refractivity contribution in [1.82, 2.24) is 9.88 Å². The van der Waals surface area contributed by atoms with Crippen LogP contribution in [0.25, 0.3) is 0 Å². The zero-order valence-electron chi connectivity index (χ0n) is 14.1. The number of likely N-dealkylation sites (tertiary alicyclic amines) is 1. The summed E-state index contributed by atoms with van der Waals surface area (Å²) in [6.07, 6.45) is 5.97. The molecule has 25 heavy (non-hydrogen) atoms. The molecular formula is C19H22N4O2. The van der Waals surface area contributed by atoms with Crippen LogP contribution in [0.4, 0.5) is 11.4 Å². The van der Waals surface area contributed by atoms with Crippen molar-refractivity contribution in [2.24, 2.45) is 0 Å². The van der Waals surface area contributed by atoms with Crippen molar-refractivity contribution in [3.8, 4) is 5.75 Å². The van der Waals surface area contributed by atoms with Gasteiger partial charge in [-0.3, -0.25) is 14.7 Å². The number of rotatable bonds is 4. The number of carbonyl (C=O) groups excluding carboxylic acids is 1. The van der Waals surface area contributed by atoms with Gasteiger partial charge in [-0.1, -0.05) is 6.07 Å². The first-order chi connectivity index (χ1) is 12.3. The van der Waals surface area contributed by atoms with Crippen LogP contribution in [0.1, 0.15) is 18.4 Å². The van der Waals surface area contributed by atoms with Crippen LogP contribution in [-0.2, 0) is 11.3 Å². The maximum absolute atomic E-state index is 11.3. The molecule has 0 saturated carbocycles. The molecule has 0 aliphatic carbocycles. The first-order valence-electron chi connectivity index (χ1n) is 8.71. The lowest BCUT2D eigenvalue weighted by atomic mass is 10.0. The number of carbonyl (C=O) groups is 1. The Morgan fingerprint density at radius 2 is 2.16 bits per heavy atom. The molecular weight excluding hydrogens is 316 g/mol. The molecule has 130 valence electrons. The maximum Gasteiger partial charge on any atom is 0.262 e. The van der Waals surface area contributed by atoms with Crippen LogP contribution >= 0.6 is 0 Å². The molecule has 2 aromatic rings. The zero-order chi connectivity index (χ0) is 17.1. The van der Waals surface area contributed by atoms with Crippen molar-refractivity contribution in [3.05, 3.63) is 48.3 Å². The lowest BCUT2D eigenvalue weighted by Crippen LogP contribution is -2.38. The van der Waals surface area contributed by atoms with Crippen molar-refractivity contribution < 1.29 is 9.53 Å². The van der Waals surface area contributed by atoms with Crippen LogP contribution in [0.3, 0.4) is 0 Å². The van der Waals surface area contributed by atoms with Crippen LogP contribution in [0, 0.1) is 0 Å². The van der Waals surface area contributed by atoms with Gasteiger partial charge in [0.1, 0.15) is 5.75 Å². The Morgan fingerprint density at radius 3 is 2.96 bits per heavy atom. The molecule has 2 N–H and O–H groups in total. The van der Waals surface area contributed by atoms with E-state index in [1.165, 1.54) is 5.56 Å². The largest absolute Gasteiger partial charge is 0.482 e. The molecule has 1 aromatic carbocycles. The average Bonchev–Trinajstić information content (AvgIpc) is 2.64. The van der Waals surface area contributed by atoms with Crippen LogP contribution in [0.2, 0.25) is 0 Å².